The van der Waals surface area contributed by atoms with Gasteiger partial charge in [0.25, 0.3) is 0 Å². The molecule has 116 valence electrons. The van der Waals surface area contributed by atoms with Crippen LogP contribution >= 0.6 is 0 Å². The summed E-state index contributed by atoms with van der Waals surface area (Å²) >= 11 is 0. The van der Waals surface area contributed by atoms with Crippen LogP contribution in [-0.2, 0) is 10.9 Å². The number of aromatic nitrogens is 3. The molecule has 0 amide bonds. The second kappa shape index (κ2) is 6.75. The highest BCUT2D eigenvalue weighted by atomic mass is 19.4. The summed E-state index contributed by atoms with van der Waals surface area (Å²) in [6.07, 6.45) is 1.20. The molecule has 0 unspecified atom stereocenters. The molecule has 0 fully saturated rings. The second-order valence-electron chi connectivity index (χ2n) is 4.61. The van der Waals surface area contributed by atoms with Crippen molar-refractivity contribution in [3.8, 4) is 0 Å². The molecule has 5 nitrogen and oxygen atoms in total. The number of unbranched alkanes of at least 4 members (excludes halogenated alkanes) is 2. The Labute approximate surface area is 120 Å². The molecule has 0 aliphatic heterocycles. The molecule has 0 saturated heterocycles. The van der Waals surface area contributed by atoms with E-state index in [1.165, 1.54) is 16.9 Å². The van der Waals surface area contributed by atoms with E-state index in [0.717, 1.165) is 25.3 Å². The second-order valence-corrected chi connectivity index (χ2v) is 4.61. The summed E-state index contributed by atoms with van der Waals surface area (Å²) in [4.78, 5) is 4.07. The van der Waals surface area contributed by atoms with Crippen molar-refractivity contribution in [2.45, 2.75) is 25.4 Å². The van der Waals surface area contributed by atoms with E-state index in [9.17, 15) is 13.2 Å². The average Bonchev–Trinajstić information content (AvgIpc) is 2.87. The first kappa shape index (κ1) is 15.6. The van der Waals surface area contributed by atoms with E-state index in [1.807, 2.05) is 0 Å². The largest absolute Gasteiger partial charge is 0.435 e. The number of halogens is 3. The number of hydrogen-bond acceptors (Lipinski definition) is 4. The lowest BCUT2D eigenvalue weighted by molar-refractivity contribution is -0.141. The monoisotopic (exact) mass is 302 g/mol. The third-order valence-electron chi connectivity index (χ3n) is 3.00. The number of ether oxygens (including phenoxy) is 1. The molecule has 2 aromatic rings. The normalized spacial score (nSPS) is 12.0. The molecule has 0 aromatic carbocycles. The van der Waals surface area contributed by atoms with E-state index in [2.05, 4.69) is 15.4 Å². The van der Waals surface area contributed by atoms with Crippen LogP contribution in [0.5, 0.6) is 0 Å². The lowest BCUT2D eigenvalue weighted by Gasteiger charge is -2.06. The third kappa shape index (κ3) is 4.07. The van der Waals surface area contributed by atoms with Crippen LogP contribution in [0.4, 0.5) is 19.0 Å². The van der Waals surface area contributed by atoms with Gasteiger partial charge in [0, 0.05) is 38.7 Å². The highest BCUT2D eigenvalue weighted by molar-refractivity contribution is 5.67. The number of nitrogens with zero attached hydrogens (tertiary/aromatic N) is 3. The first-order valence-electron chi connectivity index (χ1n) is 6.67. The van der Waals surface area contributed by atoms with E-state index in [4.69, 9.17) is 4.74 Å². The maximum absolute atomic E-state index is 12.7. The van der Waals surface area contributed by atoms with Crippen molar-refractivity contribution in [1.29, 1.82) is 0 Å². The molecule has 0 radical (unpaired) electrons. The molecule has 0 bridgehead atoms. The van der Waals surface area contributed by atoms with Crippen LogP contribution in [0.2, 0.25) is 0 Å². The molecule has 0 aliphatic carbocycles. The van der Waals surface area contributed by atoms with Crippen molar-refractivity contribution in [2.75, 3.05) is 25.6 Å². The number of nitrogens with one attached hydrogen (secondary N) is 1. The molecule has 8 heteroatoms. The predicted molar refractivity (Wildman–Crippen MR) is 72.2 cm³/mol. The minimum Gasteiger partial charge on any atom is -0.385 e. The molecule has 21 heavy (non-hydrogen) atoms. The first-order chi connectivity index (χ1) is 10.0. The quantitative estimate of drug-likeness (QED) is 0.799. The summed E-state index contributed by atoms with van der Waals surface area (Å²) < 4.78 is 44.1. The molecule has 2 rings (SSSR count). The lowest BCUT2D eigenvalue weighted by Crippen LogP contribution is -2.06. The summed E-state index contributed by atoms with van der Waals surface area (Å²) in [6.45, 7) is 1.36. The van der Waals surface area contributed by atoms with Crippen LogP contribution in [0.3, 0.4) is 0 Å². The van der Waals surface area contributed by atoms with Gasteiger partial charge in [0.1, 0.15) is 5.52 Å². The summed E-state index contributed by atoms with van der Waals surface area (Å²) in [5, 5.41) is 6.56. The van der Waals surface area contributed by atoms with Crippen molar-refractivity contribution >= 4 is 11.3 Å². The molecule has 0 atom stereocenters. The van der Waals surface area contributed by atoms with Gasteiger partial charge in [-0.2, -0.15) is 18.3 Å². The number of methoxy groups -OCH3 is 1. The van der Waals surface area contributed by atoms with Gasteiger partial charge in [-0.15, -0.1) is 0 Å². The van der Waals surface area contributed by atoms with Crippen molar-refractivity contribution in [3.63, 3.8) is 0 Å². The minimum atomic E-state index is -4.45. The van der Waals surface area contributed by atoms with Gasteiger partial charge in [0.2, 0.25) is 0 Å². The minimum absolute atomic E-state index is 0.321. The summed E-state index contributed by atoms with van der Waals surface area (Å²) in [6, 6.07) is 1.00. The maximum Gasteiger partial charge on any atom is 0.435 e. The Morgan fingerprint density at radius 1 is 1.29 bits per heavy atom. The molecule has 0 saturated carbocycles. The Balaban J connectivity index is 2.01. The molecule has 2 heterocycles. The predicted octanol–water partition coefficient (Wildman–Crippen LogP) is 2.98. The zero-order chi connectivity index (χ0) is 15.3. The fraction of sp³-hybridized carbons (Fsp3) is 0.538. The molecular weight excluding hydrogens is 285 g/mol. The fourth-order valence-electron chi connectivity index (χ4n) is 1.95. The van der Waals surface area contributed by atoms with E-state index in [-0.39, 0.29) is 0 Å². The Morgan fingerprint density at radius 2 is 2.10 bits per heavy atom. The number of anilines is 1. The van der Waals surface area contributed by atoms with Crippen molar-refractivity contribution < 1.29 is 17.9 Å². The van der Waals surface area contributed by atoms with Gasteiger partial charge >= 0.3 is 6.18 Å². The van der Waals surface area contributed by atoms with Gasteiger partial charge < -0.3 is 10.1 Å². The van der Waals surface area contributed by atoms with Crippen LogP contribution in [0, 0.1) is 0 Å². The van der Waals surface area contributed by atoms with Crippen molar-refractivity contribution in [2.24, 2.45) is 0 Å². The summed E-state index contributed by atoms with van der Waals surface area (Å²) in [5.74, 6) is 0.409. The van der Waals surface area contributed by atoms with Crippen LogP contribution in [0.15, 0.2) is 18.5 Å². The number of fused-ring (bicyclic) bond motifs is 1. The van der Waals surface area contributed by atoms with Gasteiger partial charge in [0.05, 0.1) is 0 Å². The average molecular weight is 302 g/mol. The van der Waals surface area contributed by atoms with E-state index in [1.54, 1.807) is 7.11 Å². The maximum atomic E-state index is 12.7. The van der Waals surface area contributed by atoms with Crippen molar-refractivity contribution in [1.82, 2.24) is 14.6 Å². The van der Waals surface area contributed by atoms with Crippen LogP contribution < -0.4 is 5.32 Å². The summed E-state index contributed by atoms with van der Waals surface area (Å²) in [7, 11) is 1.65. The standard InChI is InChI=1S/C13H17F3N4O/c1-21-8-4-2-3-5-17-12-10-9-11(13(14,15)16)19-20(10)7-6-18-12/h6-7,9H,2-5,8H2,1H3,(H,17,18). The van der Waals surface area contributed by atoms with E-state index >= 15 is 0 Å². The Kier molecular flexibility index (Phi) is 5.00. The van der Waals surface area contributed by atoms with E-state index in [0.29, 0.717) is 24.5 Å². The summed E-state index contributed by atoms with van der Waals surface area (Å²) in [5.41, 5.74) is -0.597. The number of hydrogen-bond donors (Lipinski definition) is 1. The molecule has 1 N–H and O–H groups in total. The Bertz CT molecular complexity index is 582. The number of rotatable bonds is 7. The first-order valence-corrected chi connectivity index (χ1v) is 6.67. The van der Waals surface area contributed by atoms with Gasteiger partial charge in [-0.25, -0.2) is 9.50 Å². The van der Waals surface area contributed by atoms with Crippen LogP contribution in [0.25, 0.3) is 5.52 Å². The third-order valence-corrected chi connectivity index (χ3v) is 3.00. The Hall–Kier alpha value is -1.83. The van der Waals surface area contributed by atoms with Crippen LogP contribution in [0.1, 0.15) is 25.0 Å². The SMILES string of the molecule is COCCCCCNc1nccn2nc(C(F)(F)F)cc12. The zero-order valence-electron chi connectivity index (χ0n) is 11.7. The Morgan fingerprint density at radius 3 is 2.81 bits per heavy atom. The smallest absolute Gasteiger partial charge is 0.385 e. The molecule has 0 spiro atoms. The van der Waals surface area contributed by atoms with Gasteiger partial charge in [0.15, 0.2) is 11.5 Å². The molecular formula is C13H17F3N4O. The molecule has 2 aromatic heterocycles. The zero-order valence-corrected chi connectivity index (χ0v) is 11.7. The highest BCUT2D eigenvalue weighted by Gasteiger charge is 2.34. The van der Waals surface area contributed by atoms with Crippen molar-refractivity contribution in [3.05, 3.63) is 24.2 Å². The lowest BCUT2D eigenvalue weighted by atomic mass is 10.2. The van der Waals surface area contributed by atoms with Gasteiger partial charge in [-0.05, 0) is 19.3 Å². The highest BCUT2D eigenvalue weighted by Crippen LogP contribution is 2.29. The molecule has 0 aliphatic rings. The topological polar surface area (TPSA) is 51.5 Å². The van der Waals surface area contributed by atoms with E-state index < -0.39 is 11.9 Å². The number of alkyl halides is 3. The fourth-order valence-corrected chi connectivity index (χ4v) is 1.95. The van der Waals surface area contributed by atoms with Gasteiger partial charge in [-0.1, -0.05) is 0 Å². The van der Waals surface area contributed by atoms with Crippen LogP contribution in [-0.4, -0.2) is 34.9 Å². The van der Waals surface area contributed by atoms with Gasteiger partial charge in [-0.3, -0.25) is 0 Å².